The van der Waals surface area contributed by atoms with E-state index in [9.17, 15) is 18.3 Å². The Balaban J connectivity index is 1.71. The molecule has 1 saturated heterocycles. The molecular formula is C17H16Cl2N2O4S. The number of hydrogen-bond donors (Lipinski definition) is 1. The highest BCUT2D eigenvalue weighted by atomic mass is 35.5. The van der Waals surface area contributed by atoms with Gasteiger partial charge in [0.05, 0.1) is 10.5 Å². The van der Waals surface area contributed by atoms with Crippen molar-refractivity contribution >= 4 is 39.1 Å². The lowest BCUT2D eigenvalue weighted by atomic mass is 10.1. The number of nitrogens with zero attached hydrogens (tertiary/aromatic N) is 2. The first kappa shape index (κ1) is 19.0. The Hall–Kier alpha value is -1.80. The van der Waals surface area contributed by atoms with E-state index in [1.807, 2.05) is 0 Å². The predicted octanol–water partition coefficient (Wildman–Crippen LogP) is 2.85. The fourth-order valence-corrected chi connectivity index (χ4v) is 4.46. The highest BCUT2D eigenvalue weighted by molar-refractivity contribution is 7.89. The van der Waals surface area contributed by atoms with Gasteiger partial charge in [-0.25, -0.2) is 8.42 Å². The highest BCUT2D eigenvalue weighted by Crippen LogP contribution is 2.25. The number of phenolic OH excluding ortho intramolecular Hbond substituents is 1. The van der Waals surface area contributed by atoms with E-state index in [1.165, 1.54) is 51.7 Å². The summed E-state index contributed by atoms with van der Waals surface area (Å²) < 4.78 is 26.7. The van der Waals surface area contributed by atoms with Gasteiger partial charge in [-0.1, -0.05) is 23.2 Å². The molecule has 138 valence electrons. The van der Waals surface area contributed by atoms with Gasteiger partial charge in [-0.05, 0) is 42.5 Å². The summed E-state index contributed by atoms with van der Waals surface area (Å²) in [6.45, 7) is 0.769. The van der Waals surface area contributed by atoms with Crippen LogP contribution in [0.5, 0.6) is 5.75 Å². The second-order valence-electron chi connectivity index (χ2n) is 5.81. The zero-order chi connectivity index (χ0) is 18.9. The van der Waals surface area contributed by atoms with Crippen LogP contribution in [0.15, 0.2) is 47.4 Å². The minimum Gasteiger partial charge on any atom is -0.507 e. The van der Waals surface area contributed by atoms with Crippen molar-refractivity contribution in [3.8, 4) is 5.75 Å². The topological polar surface area (TPSA) is 77.9 Å². The molecule has 0 radical (unpaired) electrons. The average molecular weight is 415 g/mol. The third-order valence-electron chi connectivity index (χ3n) is 4.17. The van der Waals surface area contributed by atoms with Gasteiger partial charge in [0.1, 0.15) is 5.75 Å². The Morgan fingerprint density at radius 3 is 2.12 bits per heavy atom. The number of rotatable bonds is 3. The highest BCUT2D eigenvalue weighted by Gasteiger charge is 2.31. The van der Waals surface area contributed by atoms with Gasteiger partial charge < -0.3 is 10.0 Å². The lowest BCUT2D eigenvalue weighted by molar-refractivity contribution is 0.0695. The number of piperazine rings is 1. The van der Waals surface area contributed by atoms with Crippen LogP contribution in [0.2, 0.25) is 10.0 Å². The fraction of sp³-hybridized carbons (Fsp3) is 0.235. The molecule has 9 heteroatoms. The summed E-state index contributed by atoms with van der Waals surface area (Å²) in [6, 6.07) is 10.2. The summed E-state index contributed by atoms with van der Waals surface area (Å²) in [7, 11) is -3.64. The lowest BCUT2D eigenvalue weighted by Crippen LogP contribution is -2.50. The Morgan fingerprint density at radius 2 is 1.50 bits per heavy atom. The van der Waals surface area contributed by atoms with Crippen LogP contribution in [-0.4, -0.2) is 54.8 Å². The van der Waals surface area contributed by atoms with E-state index in [1.54, 1.807) is 0 Å². The smallest absolute Gasteiger partial charge is 0.257 e. The van der Waals surface area contributed by atoms with Crippen LogP contribution in [-0.2, 0) is 10.0 Å². The molecule has 1 aliphatic rings. The summed E-state index contributed by atoms with van der Waals surface area (Å²) in [5, 5.41) is 10.7. The van der Waals surface area contributed by atoms with Gasteiger partial charge in [-0.15, -0.1) is 0 Å². The second kappa shape index (κ2) is 7.44. The summed E-state index contributed by atoms with van der Waals surface area (Å²) in [5.74, 6) is -0.538. The molecule has 1 heterocycles. The minimum absolute atomic E-state index is 0.103. The molecule has 26 heavy (non-hydrogen) atoms. The van der Waals surface area contributed by atoms with E-state index in [4.69, 9.17) is 23.2 Å². The number of amides is 1. The molecule has 1 fully saturated rings. The summed E-state index contributed by atoms with van der Waals surface area (Å²) in [5.41, 5.74) is 0.103. The molecule has 0 spiro atoms. The monoisotopic (exact) mass is 414 g/mol. The van der Waals surface area contributed by atoms with Crippen molar-refractivity contribution in [1.82, 2.24) is 9.21 Å². The molecule has 0 aromatic heterocycles. The maximum Gasteiger partial charge on any atom is 0.257 e. The Kier molecular flexibility index (Phi) is 5.43. The largest absolute Gasteiger partial charge is 0.507 e. The Morgan fingerprint density at radius 1 is 0.923 bits per heavy atom. The average Bonchev–Trinajstić information content (AvgIpc) is 2.63. The van der Waals surface area contributed by atoms with Crippen molar-refractivity contribution in [2.45, 2.75) is 4.90 Å². The third-order valence-corrected chi connectivity index (χ3v) is 6.57. The minimum atomic E-state index is -3.64. The number of halogens is 2. The van der Waals surface area contributed by atoms with E-state index >= 15 is 0 Å². The van der Waals surface area contributed by atoms with Gasteiger partial charge in [0.25, 0.3) is 5.91 Å². The maximum absolute atomic E-state index is 12.7. The molecule has 0 bridgehead atoms. The van der Waals surface area contributed by atoms with E-state index < -0.39 is 10.0 Å². The number of aromatic hydroxyl groups is 1. The molecule has 3 rings (SSSR count). The van der Waals surface area contributed by atoms with Gasteiger partial charge >= 0.3 is 0 Å². The lowest BCUT2D eigenvalue weighted by Gasteiger charge is -2.34. The summed E-state index contributed by atoms with van der Waals surface area (Å²) in [4.78, 5) is 14.2. The van der Waals surface area contributed by atoms with E-state index in [0.29, 0.717) is 10.0 Å². The first-order chi connectivity index (χ1) is 12.3. The van der Waals surface area contributed by atoms with Crippen LogP contribution in [0.3, 0.4) is 0 Å². The molecule has 0 aliphatic carbocycles. The number of phenols is 1. The van der Waals surface area contributed by atoms with Crippen LogP contribution in [0.1, 0.15) is 10.4 Å². The number of carbonyl (C=O) groups excluding carboxylic acids is 1. The number of benzene rings is 2. The standard InChI is InChI=1S/C17H16Cl2N2O4S/c18-12-1-4-14(5-2-12)26(24,25)21-9-7-20(8-10-21)17(23)15-11-13(19)3-6-16(15)22/h1-6,11,22H,7-10H2. The zero-order valence-electron chi connectivity index (χ0n) is 13.6. The SMILES string of the molecule is O=C(c1cc(Cl)ccc1O)N1CCN(S(=O)(=O)c2ccc(Cl)cc2)CC1. The fourth-order valence-electron chi connectivity index (χ4n) is 2.74. The first-order valence-corrected chi connectivity index (χ1v) is 10.0. The zero-order valence-corrected chi connectivity index (χ0v) is 15.9. The van der Waals surface area contributed by atoms with Crippen LogP contribution in [0.25, 0.3) is 0 Å². The summed E-state index contributed by atoms with van der Waals surface area (Å²) >= 11 is 11.7. The molecule has 0 saturated carbocycles. The van der Waals surface area contributed by atoms with Crippen molar-refractivity contribution in [1.29, 1.82) is 0 Å². The molecule has 1 N–H and O–H groups in total. The normalized spacial score (nSPS) is 15.8. The molecule has 0 atom stereocenters. The number of hydrogen-bond acceptors (Lipinski definition) is 4. The van der Waals surface area contributed by atoms with Crippen molar-refractivity contribution in [2.75, 3.05) is 26.2 Å². The number of carbonyl (C=O) groups is 1. The molecule has 2 aromatic carbocycles. The van der Waals surface area contributed by atoms with E-state index in [-0.39, 0.29) is 48.3 Å². The first-order valence-electron chi connectivity index (χ1n) is 7.82. The van der Waals surface area contributed by atoms with Crippen molar-refractivity contribution in [3.05, 3.63) is 58.1 Å². The summed E-state index contributed by atoms with van der Waals surface area (Å²) in [6.07, 6.45) is 0. The van der Waals surface area contributed by atoms with Crippen LogP contribution >= 0.6 is 23.2 Å². The van der Waals surface area contributed by atoms with Gasteiger partial charge in [-0.2, -0.15) is 4.31 Å². The van der Waals surface area contributed by atoms with Crippen molar-refractivity contribution < 1.29 is 18.3 Å². The Labute approximate surface area is 161 Å². The van der Waals surface area contributed by atoms with E-state index in [0.717, 1.165) is 0 Å². The molecular weight excluding hydrogens is 399 g/mol. The van der Waals surface area contributed by atoms with Crippen LogP contribution < -0.4 is 0 Å². The van der Waals surface area contributed by atoms with Gasteiger partial charge in [0, 0.05) is 36.2 Å². The van der Waals surface area contributed by atoms with Crippen molar-refractivity contribution in [3.63, 3.8) is 0 Å². The predicted molar refractivity (Wildman–Crippen MR) is 99.2 cm³/mol. The quantitative estimate of drug-likeness (QED) is 0.837. The van der Waals surface area contributed by atoms with Gasteiger partial charge in [0.2, 0.25) is 10.0 Å². The van der Waals surface area contributed by atoms with Crippen LogP contribution in [0.4, 0.5) is 0 Å². The van der Waals surface area contributed by atoms with Gasteiger partial charge in [-0.3, -0.25) is 4.79 Å². The van der Waals surface area contributed by atoms with Crippen LogP contribution in [0, 0.1) is 0 Å². The molecule has 1 aliphatic heterocycles. The molecule has 6 nitrogen and oxygen atoms in total. The maximum atomic E-state index is 12.7. The van der Waals surface area contributed by atoms with E-state index in [2.05, 4.69) is 0 Å². The second-order valence-corrected chi connectivity index (χ2v) is 8.62. The Bertz CT molecular complexity index is 924. The van der Waals surface area contributed by atoms with Gasteiger partial charge in [0.15, 0.2) is 0 Å². The molecule has 2 aromatic rings. The third kappa shape index (κ3) is 3.81. The molecule has 0 unspecified atom stereocenters. The van der Waals surface area contributed by atoms with Crippen molar-refractivity contribution in [2.24, 2.45) is 0 Å². The molecule has 1 amide bonds. The number of sulfonamides is 1.